The van der Waals surface area contributed by atoms with E-state index in [1.807, 2.05) is 0 Å². The molecule has 7 N–H and O–H groups in total. The number of rotatable bonds is 10. The molecular weight excluding hydrogens is 429 g/mol. The summed E-state index contributed by atoms with van der Waals surface area (Å²) in [6.45, 7) is 4.19. The minimum absolute atomic E-state index is 0.0278. The highest BCUT2D eigenvalue weighted by molar-refractivity contribution is 7.86. The SMILES string of the molecule is C/C(=N\C(=O)[C@]1(N)CN(S(=O)(=O)N(C(C)C)[C@@H]2C[C@H]2N)C[C@@H]1CCCB(O)O)C(=O)O. The summed E-state index contributed by atoms with van der Waals surface area (Å²) in [5, 5.41) is 27.2. The number of carbonyl (C=O) groups is 2. The molecule has 2 rings (SSSR count). The van der Waals surface area contributed by atoms with Gasteiger partial charge in [0.2, 0.25) is 0 Å². The summed E-state index contributed by atoms with van der Waals surface area (Å²) in [4.78, 5) is 27.5. The molecule has 1 aliphatic carbocycles. The van der Waals surface area contributed by atoms with Gasteiger partial charge in [0.15, 0.2) is 0 Å². The van der Waals surface area contributed by atoms with Crippen molar-refractivity contribution >= 4 is 34.9 Å². The highest BCUT2D eigenvalue weighted by atomic mass is 32.2. The number of hydrogen-bond acceptors (Lipinski definition) is 8. The molecule has 2 fully saturated rings. The van der Waals surface area contributed by atoms with E-state index in [4.69, 9.17) is 26.6 Å². The molecule has 176 valence electrons. The molecule has 0 aromatic rings. The fourth-order valence-corrected chi connectivity index (χ4v) is 6.09. The molecule has 0 bridgehead atoms. The van der Waals surface area contributed by atoms with Gasteiger partial charge in [0.05, 0.1) is 0 Å². The monoisotopic (exact) mass is 461 g/mol. The summed E-state index contributed by atoms with van der Waals surface area (Å²) in [7, 11) is -5.54. The maximum Gasteiger partial charge on any atom is 0.451 e. The van der Waals surface area contributed by atoms with Crippen LogP contribution in [0.4, 0.5) is 0 Å². The van der Waals surface area contributed by atoms with Gasteiger partial charge in [0.25, 0.3) is 16.1 Å². The van der Waals surface area contributed by atoms with Crippen LogP contribution in [0.3, 0.4) is 0 Å². The van der Waals surface area contributed by atoms with Crippen molar-refractivity contribution in [2.45, 2.75) is 70.0 Å². The van der Waals surface area contributed by atoms with Crippen molar-refractivity contribution < 1.29 is 33.2 Å². The molecule has 0 aromatic carbocycles. The zero-order chi connectivity index (χ0) is 23.7. The molecule has 1 aliphatic heterocycles. The van der Waals surface area contributed by atoms with Crippen molar-refractivity contribution in [3.05, 3.63) is 0 Å². The Morgan fingerprint density at radius 1 is 1.35 bits per heavy atom. The van der Waals surface area contributed by atoms with Gasteiger partial charge >= 0.3 is 13.1 Å². The number of amides is 1. The third-order valence-corrected chi connectivity index (χ3v) is 7.97. The van der Waals surface area contributed by atoms with Crippen molar-refractivity contribution in [1.82, 2.24) is 8.61 Å². The van der Waals surface area contributed by atoms with E-state index in [0.29, 0.717) is 6.42 Å². The third-order valence-electron chi connectivity index (χ3n) is 5.82. The highest BCUT2D eigenvalue weighted by Crippen LogP contribution is 2.37. The van der Waals surface area contributed by atoms with E-state index in [-0.39, 0.29) is 50.4 Å². The molecule has 12 nitrogen and oxygen atoms in total. The molecule has 1 amide bonds. The Hall–Kier alpha value is -1.42. The van der Waals surface area contributed by atoms with Gasteiger partial charge in [0, 0.05) is 37.1 Å². The summed E-state index contributed by atoms with van der Waals surface area (Å²) in [5.41, 5.74) is 10.1. The normalized spacial score (nSPS) is 29.6. The van der Waals surface area contributed by atoms with Crippen LogP contribution in [0.25, 0.3) is 0 Å². The predicted octanol–water partition coefficient (Wildman–Crippen LogP) is -2.00. The maximum atomic E-state index is 13.4. The molecule has 4 atom stereocenters. The smallest absolute Gasteiger partial charge is 0.451 e. The molecule has 1 saturated heterocycles. The van der Waals surface area contributed by atoms with Crippen LogP contribution in [0.5, 0.6) is 0 Å². The fourth-order valence-electron chi connectivity index (χ4n) is 3.96. The van der Waals surface area contributed by atoms with Crippen molar-refractivity contribution in [3.8, 4) is 0 Å². The largest absolute Gasteiger partial charge is 0.477 e. The standard InChI is InChI=1S/C17H32BN5O7S/c1-10(2)23(14-7-13(14)19)31(29,30)22-8-12(5-4-6-18(27)28)17(20,9-22)16(26)21-11(3)15(24)25/h10,12-14,27-28H,4-9,19-20H2,1-3H3,(H,24,25)/b21-11+/t12-,13+,14+,17-/m0/s1. The van der Waals surface area contributed by atoms with Gasteiger partial charge in [-0.15, -0.1) is 0 Å². The molecule has 31 heavy (non-hydrogen) atoms. The van der Waals surface area contributed by atoms with Gasteiger partial charge in [-0.05, 0) is 39.9 Å². The fraction of sp³-hybridized carbons (Fsp3) is 0.824. The number of nitrogens with two attached hydrogens (primary N) is 2. The van der Waals surface area contributed by atoms with Gasteiger partial charge < -0.3 is 26.6 Å². The lowest BCUT2D eigenvalue weighted by molar-refractivity contribution is -0.130. The number of nitrogens with zero attached hydrogens (tertiary/aromatic N) is 3. The molecule has 0 aromatic heterocycles. The highest BCUT2D eigenvalue weighted by Gasteiger charge is 2.55. The van der Waals surface area contributed by atoms with Crippen LogP contribution < -0.4 is 11.5 Å². The molecule has 1 saturated carbocycles. The van der Waals surface area contributed by atoms with Crippen molar-refractivity contribution in [1.29, 1.82) is 0 Å². The zero-order valence-electron chi connectivity index (χ0n) is 18.0. The first-order valence-corrected chi connectivity index (χ1v) is 11.6. The van der Waals surface area contributed by atoms with E-state index in [9.17, 15) is 18.0 Å². The van der Waals surface area contributed by atoms with E-state index in [2.05, 4.69) is 4.99 Å². The summed E-state index contributed by atoms with van der Waals surface area (Å²) < 4.78 is 29.2. The van der Waals surface area contributed by atoms with Crippen LogP contribution >= 0.6 is 0 Å². The average Bonchev–Trinajstić information content (AvgIpc) is 3.21. The number of carboxylic acids is 1. The summed E-state index contributed by atoms with van der Waals surface area (Å²) in [6, 6.07) is -0.945. The molecule has 0 spiro atoms. The van der Waals surface area contributed by atoms with Crippen molar-refractivity contribution in [3.63, 3.8) is 0 Å². The molecule has 0 radical (unpaired) electrons. The van der Waals surface area contributed by atoms with Gasteiger partial charge in [-0.1, -0.05) is 6.42 Å². The van der Waals surface area contributed by atoms with Gasteiger partial charge in [-0.2, -0.15) is 17.0 Å². The number of aliphatic carboxylic acids is 1. The molecular formula is C17H32BN5O7S. The van der Waals surface area contributed by atoms with Gasteiger partial charge in [-0.25, -0.2) is 9.79 Å². The van der Waals surface area contributed by atoms with Crippen LogP contribution in [-0.2, 0) is 19.8 Å². The van der Waals surface area contributed by atoms with Crippen molar-refractivity contribution in [2.24, 2.45) is 22.4 Å². The maximum absolute atomic E-state index is 13.4. The summed E-state index contributed by atoms with van der Waals surface area (Å²) in [6.07, 6.45) is 1.08. The second-order valence-corrected chi connectivity index (χ2v) is 10.5. The molecule has 2 aliphatic rings. The Balaban J connectivity index is 2.34. The lowest BCUT2D eigenvalue weighted by Gasteiger charge is -2.31. The first-order chi connectivity index (χ1) is 14.2. The predicted molar refractivity (Wildman–Crippen MR) is 114 cm³/mol. The third kappa shape index (κ3) is 5.69. The topological polar surface area (TPSA) is 200 Å². The lowest BCUT2D eigenvalue weighted by atomic mass is 9.78. The van der Waals surface area contributed by atoms with Crippen molar-refractivity contribution in [2.75, 3.05) is 13.1 Å². The molecule has 0 unspecified atom stereocenters. The second kappa shape index (κ2) is 9.61. The zero-order valence-corrected chi connectivity index (χ0v) is 18.8. The lowest BCUT2D eigenvalue weighted by Crippen LogP contribution is -2.56. The Morgan fingerprint density at radius 2 is 1.94 bits per heavy atom. The summed E-state index contributed by atoms with van der Waals surface area (Å²) in [5.74, 6) is -2.98. The van der Waals surface area contributed by atoms with E-state index in [1.54, 1.807) is 13.8 Å². The Morgan fingerprint density at radius 3 is 2.39 bits per heavy atom. The number of carbonyl (C=O) groups excluding carboxylic acids is 1. The quantitative estimate of drug-likeness (QED) is 0.180. The van der Waals surface area contributed by atoms with E-state index < -0.39 is 46.4 Å². The van der Waals surface area contributed by atoms with Crippen LogP contribution in [-0.4, -0.2) is 93.6 Å². The Kier molecular flexibility index (Phi) is 8.01. The average molecular weight is 461 g/mol. The minimum Gasteiger partial charge on any atom is -0.477 e. The Bertz CT molecular complexity index is 837. The van der Waals surface area contributed by atoms with Crippen LogP contribution in [0, 0.1) is 5.92 Å². The first-order valence-electron chi connectivity index (χ1n) is 10.2. The van der Waals surface area contributed by atoms with E-state index >= 15 is 0 Å². The summed E-state index contributed by atoms with van der Waals surface area (Å²) >= 11 is 0. The Labute approximate surface area is 182 Å². The molecule has 14 heteroatoms. The number of carboxylic acid groups (broad SMARTS) is 1. The second-order valence-electron chi connectivity index (χ2n) is 8.65. The van der Waals surface area contributed by atoms with Gasteiger partial charge in [0.1, 0.15) is 11.3 Å². The minimum atomic E-state index is -4.00. The van der Waals surface area contributed by atoms with E-state index in [0.717, 1.165) is 11.2 Å². The molecule has 1 heterocycles. The number of hydrogen-bond donors (Lipinski definition) is 5. The van der Waals surface area contributed by atoms with Crippen LogP contribution in [0.1, 0.15) is 40.0 Å². The van der Waals surface area contributed by atoms with Crippen LogP contribution in [0.2, 0.25) is 6.32 Å². The van der Waals surface area contributed by atoms with E-state index in [1.165, 1.54) is 4.31 Å². The number of aliphatic imine (C=N–C) groups is 1. The first kappa shape index (κ1) is 25.8. The van der Waals surface area contributed by atoms with Crippen LogP contribution in [0.15, 0.2) is 4.99 Å². The van der Waals surface area contributed by atoms with Gasteiger partial charge in [-0.3, -0.25) is 4.79 Å².